The molecule has 1 aliphatic rings. The average Bonchev–Trinajstić information content (AvgIpc) is 2.59. The first-order chi connectivity index (χ1) is 11.6. The van der Waals surface area contributed by atoms with Gasteiger partial charge in [-0.2, -0.15) is 0 Å². The van der Waals surface area contributed by atoms with Crippen molar-refractivity contribution in [3.05, 3.63) is 63.7 Å². The van der Waals surface area contributed by atoms with E-state index in [0.29, 0.717) is 5.39 Å². The van der Waals surface area contributed by atoms with Crippen LogP contribution in [0.2, 0.25) is 0 Å². The summed E-state index contributed by atoms with van der Waals surface area (Å²) in [6, 6.07) is 13.4. The van der Waals surface area contributed by atoms with Crippen molar-refractivity contribution in [2.75, 3.05) is 0 Å². The van der Waals surface area contributed by atoms with Crippen LogP contribution in [0.4, 0.5) is 5.69 Å². The molecule has 1 N–H and O–H groups in total. The number of hydrogen-bond acceptors (Lipinski definition) is 3. The molecule has 4 heteroatoms. The SMILES string of the molecule is O=[N+]([O-])c1ccc2ccc3cc4c(c5ccc1c2c35)CCCC4O. The number of nitrogens with zero attached hydrogens (tertiary/aromatic N) is 1. The van der Waals surface area contributed by atoms with Crippen LogP contribution < -0.4 is 0 Å². The smallest absolute Gasteiger partial charge is 0.277 e. The Hall–Kier alpha value is -2.72. The molecule has 24 heavy (non-hydrogen) atoms. The van der Waals surface area contributed by atoms with Crippen LogP contribution in [0.3, 0.4) is 0 Å². The fourth-order valence-corrected chi connectivity index (χ4v) is 4.30. The normalized spacial score (nSPS) is 17.6. The number of non-ortho nitro benzene ring substituents is 1. The zero-order chi connectivity index (χ0) is 16.4. The van der Waals surface area contributed by atoms with E-state index in [1.165, 1.54) is 5.56 Å². The molecule has 1 atom stereocenters. The number of aryl methyl sites for hydroxylation is 1. The zero-order valence-electron chi connectivity index (χ0n) is 13.0. The second-order valence-corrected chi connectivity index (χ2v) is 6.62. The molecule has 0 aromatic heterocycles. The van der Waals surface area contributed by atoms with E-state index in [1.54, 1.807) is 6.07 Å². The van der Waals surface area contributed by atoms with Gasteiger partial charge < -0.3 is 5.11 Å². The molecular weight excluding hydrogens is 302 g/mol. The van der Waals surface area contributed by atoms with Gasteiger partial charge in [-0.3, -0.25) is 10.1 Å². The van der Waals surface area contributed by atoms with Gasteiger partial charge in [0.2, 0.25) is 0 Å². The Morgan fingerprint density at radius 3 is 2.54 bits per heavy atom. The van der Waals surface area contributed by atoms with E-state index in [-0.39, 0.29) is 10.6 Å². The summed E-state index contributed by atoms with van der Waals surface area (Å²) in [6.45, 7) is 0. The van der Waals surface area contributed by atoms with Crippen molar-refractivity contribution in [1.29, 1.82) is 0 Å². The molecule has 1 aliphatic carbocycles. The molecule has 0 spiro atoms. The fraction of sp³-hybridized carbons (Fsp3) is 0.200. The number of rotatable bonds is 1. The zero-order valence-corrected chi connectivity index (χ0v) is 13.0. The van der Waals surface area contributed by atoms with Crippen molar-refractivity contribution in [2.45, 2.75) is 25.4 Å². The van der Waals surface area contributed by atoms with Crippen LogP contribution in [0, 0.1) is 10.1 Å². The second-order valence-electron chi connectivity index (χ2n) is 6.62. The Balaban J connectivity index is 2.03. The lowest BCUT2D eigenvalue weighted by Crippen LogP contribution is -2.10. The van der Waals surface area contributed by atoms with E-state index in [2.05, 4.69) is 12.1 Å². The topological polar surface area (TPSA) is 63.4 Å². The predicted molar refractivity (Wildman–Crippen MR) is 94.7 cm³/mol. The largest absolute Gasteiger partial charge is 0.388 e. The molecule has 0 amide bonds. The Kier molecular flexibility index (Phi) is 2.65. The first kappa shape index (κ1) is 13.7. The summed E-state index contributed by atoms with van der Waals surface area (Å²) in [5.41, 5.74) is 2.36. The molecule has 0 radical (unpaired) electrons. The van der Waals surface area contributed by atoms with Crippen LogP contribution in [0.15, 0.2) is 42.5 Å². The van der Waals surface area contributed by atoms with Gasteiger partial charge in [0.25, 0.3) is 5.69 Å². The Labute approximate surface area is 137 Å². The summed E-state index contributed by atoms with van der Waals surface area (Å²) in [4.78, 5) is 11.1. The van der Waals surface area contributed by atoms with E-state index in [9.17, 15) is 15.2 Å². The van der Waals surface area contributed by atoms with E-state index >= 15 is 0 Å². The van der Waals surface area contributed by atoms with Crippen LogP contribution in [0.5, 0.6) is 0 Å². The van der Waals surface area contributed by atoms with Crippen molar-refractivity contribution in [3.8, 4) is 0 Å². The highest BCUT2D eigenvalue weighted by atomic mass is 16.6. The maximum Gasteiger partial charge on any atom is 0.277 e. The van der Waals surface area contributed by atoms with E-state index in [4.69, 9.17) is 0 Å². The molecular formula is C20H15NO3. The number of nitro benzene ring substituents is 1. The lowest BCUT2D eigenvalue weighted by atomic mass is 9.82. The maximum atomic E-state index is 11.4. The summed E-state index contributed by atoms with van der Waals surface area (Å²) >= 11 is 0. The third-order valence-corrected chi connectivity index (χ3v) is 5.37. The lowest BCUT2D eigenvalue weighted by Gasteiger charge is -2.24. The van der Waals surface area contributed by atoms with Crippen molar-refractivity contribution in [1.82, 2.24) is 0 Å². The van der Waals surface area contributed by atoms with Gasteiger partial charge in [-0.1, -0.05) is 18.2 Å². The summed E-state index contributed by atoms with van der Waals surface area (Å²) in [7, 11) is 0. The van der Waals surface area contributed by atoms with Crippen molar-refractivity contribution in [3.63, 3.8) is 0 Å². The van der Waals surface area contributed by atoms with E-state index in [1.807, 2.05) is 24.3 Å². The second kappa shape index (κ2) is 4.65. The maximum absolute atomic E-state index is 11.4. The van der Waals surface area contributed by atoms with Gasteiger partial charge in [0, 0.05) is 11.5 Å². The van der Waals surface area contributed by atoms with Gasteiger partial charge in [-0.25, -0.2) is 0 Å². The molecule has 0 bridgehead atoms. The van der Waals surface area contributed by atoms with Gasteiger partial charge >= 0.3 is 0 Å². The van der Waals surface area contributed by atoms with Gasteiger partial charge in [-0.05, 0) is 70.1 Å². The quantitative estimate of drug-likeness (QED) is 0.310. The van der Waals surface area contributed by atoms with E-state index in [0.717, 1.165) is 51.8 Å². The minimum absolute atomic E-state index is 0.148. The lowest BCUT2D eigenvalue weighted by molar-refractivity contribution is -0.383. The minimum atomic E-state index is -0.412. The molecule has 4 nitrogen and oxygen atoms in total. The van der Waals surface area contributed by atoms with Gasteiger partial charge in [0.05, 0.1) is 16.4 Å². The standard InChI is InChI=1S/C20H15NO3/c22-18-3-1-2-13-14-7-8-15-17(21(23)24)9-6-11-4-5-12(10-16(13)18)20(14)19(11)15/h4-10,18,22H,1-3H2. The fourth-order valence-electron chi connectivity index (χ4n) is 4.30. The molecule has 118 valence electrons. The van der Waals surface area contributed by atoms with Crippen LogP contribution in [-0.2, 0) is 6.42 Å². The van der Waals surface area contributed by atoms with Crippen LogP contribution in [0.25, 0.3) is 32.3 Å². The first-order valence-electron chi connectivity index (χ1n) is 8.21. The molecule has 5 rings (SSSR count). The Morgan fingerprint density at radius 1 is 1.00 bits per heavy atom. The van der Waals surface area contributed by atoms with Crippen molar-refractivity contribution in [2.24, 2.45) is 0 Å². The number of aliphatic hydroxyl groups is 1. The third-order valence-electron chi connectivity index (χ3n) is 5.37. The van der Waals surface area contributed by atoms with Crippen molar-refractivity contribution < 1.29 is 10.0 Å². The average molecular weight is 317 g/mol. The highest BCUT2D eigenvalue weighted by Crippen LogP contribution is 2.43. The monoisotopic (exact) mass is 317 g/mol. The molecule has 0 saturated heterocycles. The Morgan fingerprint density at radius 2 is 1.71 bits per heavy atom. The highest BCUT2D eigenvalue weighted by molar-refractivity contribution is 6.25. The van der Waals surface area contributed by atoms with Gasteiger partial charge in [0.1, 0.15) is 0 Å². The number of aliphatic hydroxyl groups excluding tert-OH is 1. The molecule has 0 saturated carbocycles. The summed E-state index contributed by atoms with van der Waals surface area (Å²) < 4.78 is 0. The minimum Gasteiger partial charge on any atom is -0.388 e. The summed E-state index contributed by atoms with van der Waals surface area (Å²) in [5.74, 6) is 0. The van der Waals surface area contributed by atoms with E-state index < -0.39 is 6.10 Å². The third kappa shape index (κ3) is 1.66. The summed E-state index contributed by atoms with van der Waals surface area (Å²) in [6.07, 6.45) is 2.30. The number of benzene rings is 4. The van der Waals surface area contributed by atoms with Crippen molar-refractivity contribution >= 4 is 38.0 Å². The van der Waals surface area contributed by atoms with Crippen LogP contribution >= 0.6 is 0 Å². The molecule has 0 fully saturated rings. The molecule has 4 aromatic carbocycles. The molecule has 0 aliphatic heterocycles. The van der Waals surface area contributed by atoms with Gasteiger partial charge in [-0.15, -0.1) is 0 Å². The summed E-state index contributed by atoms with van der Waals surface area (Å²) in [5, 5.41) is 27.7. The predicted octanol–water partition coefficient (Wildman–Crippen LogP) is 4.86. The van der Waals surface area contributed by atoms with Gasteiger partial charge in [0.15, 0.2) is 0 Å². The first-order valence-corrected chi connectivity index (χ1v) is 8.21. The molecule has 4 aromatic rings. The van der Waals surface area contributed by atoms with Crippen LogP contribution in [0.1, 0.15) is 30.1 Å². The molecule has 0 heterocycles. The van der Waals surface area contributed by atoms with Crippen LogP contribution in [-0.4, -0.2) is 10.0 Å². The number of hydrogen-bond donors (Lipinski definition) is 1. The highest BCUT2D eigenvalue weighted by Gasteiger charge is 2.23. The molecule has 1 unspecified atom stereocenters. The number of nitro groups is 1. The number of fused-ring (bicyclic) bond motifs is 2. The Bertz CT molecular complexity index is 1130.